The van der Waals surface area contributed by atoms with E-state index >= 15 is 0 Å². The molecule has 112 valence electrons. The molecule has 1 aromatic heterocycles. The number of anilines is 2. The topological polar surface area (TPSA) is 86.5 Å². The Labute approximate surface area is 127 Å². The van der Waals surface area contributed by atoms with Gasteiger partial charge in [0.1, 0.15) is 5.82 Å². The van der Waals surface area contributed by atoms with Crippen LogP contribution in [0.5, 0.6) is 11.5 Å². The summed E-state index contributed by atoms with van der Waals surface area (Å²) in [5.74, 6) is 1.82. The van der Waals surface area contributed by atoms with E-state index in [0.29, 0.717) is 17.3 Å². The number of carbonyl (C=O) groups excluding carboxylic acids is 1. The van der Waals surface area contributed by atoms with Crippen LogP contribution in [0.4, 0.5) is 11.5 Å². The Bertz CT molecular complexity index is 739. The number of nitrogen functional groups attached to an aromatic ring is 1. The van der Waals surface area contributed by atoms with E-state index < -0.39 is 5.41 Å². The van der Waals surface area contributed by atoms with Crippen LogP contribution in [0.25, 0.3) is 0 Å². The van der Waals surface area contributed by atoms with Gasteiger partial charge in [-0.3, -0.25) is 4.79 Å². The van der Waals surface area contributed by atoms with Crippen molar-refractivity contribution < 1.29 is 14.3 Å². The Morgan fingerprint density at radius 1 is 1.18 bits per heavy atom. The van der Waals surface area contributed by atoms with E-state index in [1.54, 1.807) is 18.3 Å². The third kappa shape index (κ3) is 2.04. The molecule has 1 saturated carbocycles. The molecular formula is C16H15N3O3. The van der Waals surface area contributed by atoms with Gasteiger partial charge in [-0.1, -0.05) is 6.07 Å². The number of carbonyl (C=O) groups is 1. The largest absolute Gasteiger partial charge is 0.454 e. The summed E-state index contributed by atoms with van der Waals surface area (Å²) in [5, 5.41) is 2.91. The zero-order valence-electron chi connectivity index (χ0n) is 11.8. The normalized spacial score (nSPS) is 17.1. The third-order valence-electron chi connectivity index (χ3n) is 4.15. The second kappa shape index (κ2) is 4.62. The molecule has 22 heavy (non-hydrogen) atoms. The van der Waals surface area contributed by atoms with Crippen molar-refractivity contribution >= 4 is 17.4 Å². The number of hydrogen-bond donors (Lipinski definition) is 2. The lowest BCUT2D eigenvalue weighted by Crippen LogP contribution is -2.27. The maximum atomic E-state index is 12.6. The van der Waals surface area contributed by atoms with Crippen molar-refractivity contribution in [2.24, 2.45) is 0 Å². The van der Waals surface area contributed by atoms with E-state index in [2.05, 4.69) is 10.3 Å². The first kappa shape index (κ1) is 12.9. The molecule has 3 N–H and O–H groups in total. The van der Waals surface area contributed by atoms with Crippen molar-refractivity contribution in [2.45, 2.75) is 18.3 Å². The van der Waals surface area contributed by atoms with E-state index in [4.69, 9.17) is 15.2 Å². The van der Waals surface area contributed by atoms with Gasteiger partial charge in [-0.25, -0.2) is 4.98 Å². The van der Waals surface area contributed by atoms with Crippen LogP contribution in [0, 0.1) is 0 Å². The Kier molecular flexibility index (Phi) is 2.72. The van der Waals surface area contributed by atoms with E-state index in [1.807, 2.05) is 18.2 Å². The van der Waals surface area contributed by atoms with Crippen LogP contribution in [-0.4, -0.2) is 17.7 Å². The molecule has 1 aliphatic heterocycles. The number of nitrogens with one attached hydrogen (secondary N) is 1. The van der Waals surface area contributed by atoms with Crippen LogP contribution < -0.4 is 20.5 Å². The summed E-state index contributed by atoms with van der Waals surface area (Å²) in [4.78, 5) is 16.6. The SMILES string of the molecule is Nc1ccc(NC(=O)C2(c3ccc4c(c3)OCO4)CC2)cn1. The third-order valence-corrected chi connectivity index (χ3v) is 4.15. The first-order valence-electron chi connectivity index (χ1n) is 7.10. The molecule has 0 unspecified atom stereocenters. The Morgan fingerprint density at radius 3 is 2.73 bits per heavy atom. The van der Waals surface area contributed by atoms with Crippen molar-refractivity contribution in [3.8, 4) is 11.5 Å². The molecule has 4 rings (SSSR count). The van der Waals surface area contributed by atoms with Crippen molar-refractivity contribution in [2.75, 3.05) is 17.8 Å². The zero-order valence-corrected chi connectivity index (χ0v) is 11.8. The first-order chi connectivity index (χ1) is 10.7. The number of benzene rings is 1. The molecule has 0 atom stereocenters. The average Bonchev–Trinajstić information content (AvgIpc) is 3.21. The van der Waals surface area contributed by atoms with Crippen molar-refractivity contribution in [1.82, 2.24) is 4.98 Å². The molecule has 2 heterocycles. The minimum Gasteiger partial charge on any atom is -0.454 e. The van der Waals surface area contributed by atoms with E-state index in [9.17, 15) is 4.79 Å². The summed E-state index contributed by atoms with van der Waals surface area (Å²) in [5.41, 5.74) is 6.67. The second-order valence-electron chi connectivity index (χ2n) is 5.58. The van der Waals surface area contributed by atoms with Crippen molar-refractivity contribution in [3.05, 3.63) is 42.1 Å². The highest BCUT2D eigenvalue weighted by molar-refractivity contribution is 6.01. The van der Waals surface area contributed by atoms with Gasteiger partial charge in [0.05, 0.1) is 17.3 Å². The average molecular weight is 297 g/mol. The predicted molar refractivity (Wildman–Crippen MR) is 80.8 cm³/mol. The van der Waals surface area contributed by atoms with Gasteiger partial charge in [-0.05, 0) is 42.7 Å². The molecule has 2 aliphatic rings. The van der Waals surface area contributed by atoms with E-state index in [1.165, 1.54) is 0 Å². The summed E-state index contributed by atoms with van der Waals surface area (Å²) in [6.07, 6.45) is 3.20. The smallest absolute Gasteiger partial charge is 0.235 e. The molecule has 0 spiro atoms. The molecule has 6 heteroatoms. The van der Waals surface area contributed by atoms with Crippen LogP contribution in [0.2, 0.25) is 0 Å². The maximum absolute atomic E-state index is 12.6. The Morgan fingerprint density at radius 2 is 2.00 bits per heavy atom. The minimum atomic E-state index is -0.484. The molecule has 1 aromatic carbocycles. The molecule has 0 saturated heterocycles. The van der Waals surface area contributed by atoms with Gasteiger partial charge in [0.2, 0.25) is 12.7 Å². The van der Waals surface area contributed by atoms with Gasteiger partial charge in [0.15, 0.2) is 11.5 Å². The van der Waals surface area contributed by atoms with Crippen LogP contribution in [0.15, 0.2) is 36.5 Å². The molecule has 0 bridgehead atoms. The number of pyridine rings is 1. The van der Waals surface area contributed by atoms with Gasteiger partial charge >= 0.3 is 0 Å². The van der Waals surface area contributed by atoms with Crippen molar-refractivity contribution in [3.63, 3.8) is 0 Å². The van der Waals surface area contributed by atoms with Crippen LogP contribution in [-0.2, 0) is 10.2 Å². The molecule has 6 nitrogen and oxygen atoms in total. The van der Waals surface area contributed by atoms with Crippen LogP contribution in [0.3, 0.4) is 0 Å². The number of hydrogen-bond acceptors (Lipinski definition) is 5. The number of fused-ring (bicyclic) bond motifs is 1. The maximum Gasteiger partial charge on any atom is 0.235 e. The Balaban J connectivity index is 1.58. The van der Waals surface area contributed by atoms with Crippen LogP contribution >= 0.6 is 0 Å². The predicted octanol–water partition coefficient (Wildman–Crippen LogP) is 2.06. The zero-order chi connectivity index (χ0) is 15.2. The summed E-state index contributed by atoms with van der Waals surface area (Å²) in [7, 11) is 0. The summed E-state index contributed by atoms with van der Waals surface area (Å²) < 4.78 is 10.7. The fourth-order valence-electron chi connectivity index (χ4n) is 2.70. The second-order valence-corrected chi connectivity index (χ2v) is 5.58. The van der Waals surface area contributed by atoms with Gasteiger partial charge in [0.25, 0.3) is 0 Å². The highest BCUT2D eigenvalue weighted by atomic mass is 16.7. The van der Waals surface area contributed by atoms with Gasteiger partial charge in [0, 0.05) is 0 Å². The first-order valence-corrected chi connectivity index (χ1v) is 7.10. The lowest BCUT2D eigenvalue weighted by molar-refractivity contribution is -0.118. The molecule has 1 fully saturated rings. The number of amides is 1. The van der Waals surface area contributed by atoms with E-state index in [-0.39, 0.29) is 12.7 Å². The highest BCUT2D eigenvalue weighted by Crippen LogP contribution is 2.51. The number of nitrogens with two attached hydrogens (primary N) is 1. The fraction of sp³-hybridized carbons (Fsp3) is 0.250. The van der Waals surface area contributed by atoms with Gasteiger partial charge in [-0.2, -0.15) is 0 Å². The lowest BCUT2D eigenvalue weighted by atomic mass is 9.94. The quantitative estimate of drug-likeness (QED) is 0.905. The molecule has 0 radical (unpaired) electrons. The Hall–Kier alpha value is -2.76. The summed E-state index contributed by atoms with van der Waals surface area (Å²) >= 11 is 0. The molecule has 1 amide bonds. The fourth-order valence-corrected chi connectivity index (χ4v) is 2.70. The standard InChI is InChI=1S/C16H15N3O3/c17-14-4-2-11(8-18-14)19-15(20)16(5-6-16)10-1-3-12-13(7-10)22-9-21-12/h1-4,7-8H,5-6,9H2,(H2,17,18)(H,19,20). The van der Waals surface area contributed by atoms with Gasteiger partial charge < -0.3 is 20.5 Å². The number of rotatable bonds is 3. The van der Waals surface area contributed by atoms with E-state index in [0.717, 1.165) is 24.2 Å². The van der Waals surface area contributed by atoms with Gasteiger partial charge in [-0.15, -0.1) is 0 Å². The summed E-state index contributed by atoms with van der Waals surface area (Å²) in [6.45, 7) is 0.231. The molecule has 1 aliphatic carbocycles. The highest BCUT2D eigenvalue weighted by Gasteiger charge is 2.51. The molecular weight excluding hydrogens is 282 g/mol. The van der Waals surface area contributed by atoms with Crippen molar-refractivity contribution in [1.29, 1.82) is 0 Å². The van der Waals surface area contributed by atoms with Crippen LogP contribution in [0.1, 0.15) is 18.4 Å². The number of ether oxygens (including phenoxy) is 2. The number of aromatic nitrogens is 1. The monoisotopic (exact) mass is 297 g/mol. The minimum absolute atomic E-state index is 0.0297. The molecule has 2 aromatic rings. The summed E-state index contributed by atoms with van der Waals surface area (Å²) in [6, 6.07) is 9.10. The number of nitrogens with zero attached hydrogens (tertiary/aromatic N) is 1. The lowest BCUT2D eigenvalue weighted by Gasteiger charge is -2.16.